The Morgan fingerprint density at radius 1 is 1.70 bits per heavy atom. The molecule has 0 N–H and O–H groups in total. The van der Waals surface area contributed by atoms with E-state index in [2.05, 4.69) is 15.8 Å². The molecule has 0 aromatic carbocycles. The van der Waals surface area contributed by atoms with Gasteiger partial charge in [0.2, 0.25) is 0 Å². The molecule has 53 valence electrons. The second kappa shape index (κ2) is 2.62. The van der Waals surface area contributed by atoms with Gasteiger partial charge in [0.25, 0.3) is 0 Å². The van der Waals surface area contributed by atoms with Gasteiger partial charge in [-0.2, -0.15) is 0 Å². The van der Waals surface area contributed by atoms with Gasteiger partial charge in [0, 0.05) is 18.4 Å². The maximum atomic E-state index is 5.07. The molecule has 0 amide bonds. The highest BCUT2D eigenvalue weighted by Gasteiger charge is 2.27. The van der Waals surface area contributed by atoms with E-state index in [4.69, 9.17) is 4.84 Å². The fourth-order valence-corrected chi connectivity index (χ4v) is 1.73. The minimum Gasteiger partial charge on any atom is -0.392 e. The summed E-state index contributed by atoms with van der Waals surface area (Å²) in [4.78, 5) is 5.07. The van der Waals surface area contributed by atoms with Gasteiger partial charge in [-0.1, -0.05) is 5.16 Å². The van der Waals surface area contributed by atoms with Crippen LogP contribution in [0.2, 0.25) is 0 Å². The zero-order valence-corrected chi connectivity index (χ0v) is 6.17. The van der Waals surface area contributed by atoms with Gasteiger partial charge in [-0.3, -0.25) is 0 Å². The van der Waals surface area contributed by atoms with E-state index in [9.17, 15) is 0 Å². The van der Waals surface area contributed by atoms with Crippen molar-refractivity contribution in [1.29, 1.82) is 0 Å². The van der Waals surface area contributed by atoms with Crippen LogP contribution in [0.3, 0.4) is 0 Å². The molecular weight excluding hydrogens is 148 g/mol. The Morgan fingerprint density at radius 3 is 3.30 bits per heavy atom. The fraction of sp³-hybridized carbons (Fsp3) is 0.667. The number of hydrogen-bond donors (Lipinski definition) is 0. The lowest BCUT2D eigenvalue weighted by Crippen LogP contribution is -2.20. The molecule has 0 spiro atoms. The molecular formula is C6H7N2OS. The van der Waals surface area contributed by atoms with E-state index in [0.29, 0.717) is 5.92 Å². The number of hydrogen-bond acceptors (Lipinski definition) is 4. The summed E-state index contributed by atoms with van der Waals surface area (Å²) in [5.74, 6) is 1.35. The highest BCUT2D eigenvalue weighted by molar-refractivity contribution is 7.98. The van der Waals surface area contributed by atoms with Crippen molar-refractivity contribution < 1.29 is 4.84 Å². The van der Waals surface area contributed by atoms with Gasteiger partial charge in [0.05, 0.1) is 12.1 Å². The van der Waals surface area contributed by atoms with E-state index in [1.54, 1.807) is 18.2 Å². The van der Waals surface area contributed by atoms with Gasteiger partial charge < -0.3 is 4.84 Å². The molecule has 0 aromatic heterocycles. The lowest BCUT2D eigenvalue weighted by atomic mass is 10.0. The first-order chi connectivity index (χ1) is 4.97. The van der Waals surface area contributed by atoms with Crippen molar-refractivity contribution in [2.45, 2.75) is 12.5 Å². The topological polar surface area (TPSA) is 34.0 Å². The minimum atomic E-state index is 0.207. The summed E-state index contributed by atoms with van der Waals surface area (Å²) in [6.45, 7) is 0. The van der Waals surface area contributed by atoms with Crippen molar-refractivity contribution in [2.24, 2.45) is 15.5 Å². The third-order valence-electron chi connectivity index (χ3n) is 1.59. The predicted octanol–water partition coefficient (Wildman–Crippen LogP) is 0.987. The van der Waals surface area contributed by atoms with Crippen molar-refractivity contribution in [3.8, 4) is 0 Å². The molecule has 2 aliphatic heterocycles. The molecule has 10 heavy (non-hydrogen) atoms. The lowest BCUT2D eigenvalue weighted by Gasteiger charge is -2.10. The van der Waals surface area contributed by atoms with Crippen LogP contribution in [0.25, 0.3) is 0 Å². The molecule has 0 saturated carbocycles. The Balaban J connectivity index is 1.93. The molecule has 2 aliphatic rings. The third-order valence-corrected chi connectivity index (χ3v) is 2.34. The van der Waals surface area contributed by atoms with E-state index in [-0.39, 0.29) is 6.10 Å². The second-order valence-corrected chi connectivity index (χ2v) is 3.06. The van der Waals surface area contributed by atoms with Gasteiger partial charge in [-0.05, 0) is 11.9 Å². The first-order valence-electron chi connectivity index (χ1n) is 3.22. The van der Waals surface area contributed by atoms with Crippen LogP contribution in [0.4, 0.5) is 0 Å². The predicted molar refractivity (Wildman–Crippen MR) is 41.4 cm³/mol. The molecule has 0 bridgehead atoms. The van der Waals surface area contributed by atoms with Crippen LogP contribution in [0, 0.1) is 5.92 Å². The zero-order chi connectivity index (χ0) is 6.81. The Bertz CT molecular complexity index is 173. The SMILES string of the molecule is [C]1=NSCC1C1CC=NO1. The molecule has 0 fully saturated rings. The lowest BCUT2D eigenvalue weighted by molar-refractivity contribution is 0.0685. The van der Waals surface area contributed by atoms with Gasteiger partial charge in [-0.25, -0.2) is 4.40 Å². The van der Waals surface area contributed by atoms with Crippen LogP contribution in [-0.2, 0) is 4.84 Å². The highest BCUT2D eigenvalue weighted by atomic mass is 32.2. The van der Waals surface area contributed by atoms with E-state index < -0.39 is 0 Å². The van der Waals surface area contributed by atoms with Crippen molar-refractivity contribution >= 4 is 24.4 Å². The van der Waals surface area contributed by atoms with Crippen molar-refractivity contribution in [3.63, 3.8) is 0 Å². The normalized spacial score (nSPS) is 36.8. The summed E-state index contributed by atoms with van der Waals surface area (Å²) in [5, 5.41) is 3.69. The summed E-state index contributed by atoms with van der Waals surface area (Å²) in [6.07, 6.45) is 5.90. The molecule has 0 aromatic rings. The molecule has 0 saturated heterocycles. The summed E-state index contributed by atoms with van der Waals surface area (Å²) < 4.78 is 3.94. The molecule has 3 nitrogen and oxygen atoms in total. The van der Waals surface area contributed by atoms with Crippen LogP contribution < -0.4 is 0 Å². The van der Waals surface area contributed by atoms with Crippen molar-refractivity contribution in [2.75, 3.05) is 5.75 Å². The summed E-state index contributed by atoms with van der Waals surface area (Å²) >= 11 is 1.55. The molecule has 2 unspecified atom stereocenters. The largest absolute Gasteiger partial charge is 0.392 e. The number of oxime groups is 1. The zero-order valence-electron chi connectivity index (χ0n) is 5.36. The Kier molecular flexibility index (Phi) is 1.63. The number of nitrogens with zero attached hydrogens (tertiary/aromatic N) is 2. The van der Waals surface area contributed by atoms with E-state index >= 15 is 0 Å². The standard InChI is InChI=1S/C6H7N2OS/c1-2-7-9-6(1)5-3-8-10-4-5/h2,5-6H,1,4H2. The first kappa shape index (κ1) is 6.22. The van der Waals surface area contributed by atoms with Crippen LogP contribution in [0.15, 0.2) is 9.55 Å². The monoisotopic (exact) mass is 155 g/mol. The molecule has 0 aliphatic carbocycles. The Morgan fingerprint density at radius 2 is 2.70 bits per heavy atom. The summed E-state index contributed by atoms with van der Waals surface area (Å²) in [6, 6.07) is 0. The quantitative estimate of drug-likeness (QED) is 0.529. The van der Waals surface area contributed by atoms with Gasteiger partial charge in [0.15, 0.2) is 0 Å². The highest BCUT2D eigenvalue weighted by Crippen LogP contribution is 2.24. The Hall–Kier alpha value is -0.510. The molecule has 4 heteroatoms. The molecule has 2 atom stereocenters. The van der Waals surface area contributed by atoms with Gasteiger partial charge in [0.1, 0.15) is 6.10 Å². The second-order valence-electron chi connectivity index (χ2n) is 2.29. The molecule has 2 heterocycles. The Labute approximate surface area is 63.7 Å². The van der Waals surface area contributed by atoms with E-state index in [0.717, 1.165) is 12.2 Å². The van der Waals surface area contributed by atoms with Crippen LogP contribution in [-0.4, -0.2) is 24.3 Å². The van der Waals surface area contributed by atoms with Gasteiger partial charge in [-0.15, -0.1) is 0 Å². The number of rotatable bonds is 1. The molecule has 2 rings (SSSR count). The smallest absolute Gasteiger partial charge is 0.141 e. The van der Waals surface area contributed by atoms with E-state index in [1.807, 2.05) is 0 Å². The van der Waals surface area contributed by atoms with Crippen molar-refractivity contribution in [3.05, 3.63) is 0 Å². The van der Waals surface area contributed by atoms with Crippen LogP contribution in [0.5, 0.6) is 0 Å². The minimum absolute atomic E-state index is 0.207. The van der Waals surface area contributed by atoms with Gasteiger partial charge >= 0.3 is 0 Å². The van der Waals surface area contributed by atoms with Crippen LogP contribution in [0.1, 0.15) is 6.42 Å². The fourth-order valence-electron chi connectivity index (χ4n) is 0.999. The maximum Gasteiger partial charge on any atom is 0.141 e. The average Bonchev–Trinajstić information content (AvgIpc) is 2.59. The average molecular weight is 155 g/mol. The van der Waals surface area contributed by atoms with Crippen molar-refractivity contribution in [1.82, 2.24) is 0 Å². The first-order valence-corrected chi connectivity index (χ1v) is 4.16. The molecule has 1 radical (unpaired) electrons. The van der Waals surface area contributed by atoms with E-state index in [1.165, 1.54) is 0 Å². The summed E-state index contributed by atoms with van der Waals surface area (Å²) in [7, 11) is 0. The maximum absolute atomic E-state index is 5.07. The van der Waals surface area contributed by atoms with Crippen LogP contribution >= 0.6 is 11.9 Å². The third kappa shape index (κ3) is 1.03. The summed E-state index contributed by atoms with van der Waals surface area (Å²) in [5.41, 5.74) is 0.